The van der Waals surface area contributed by atoms with Crippen LogP contribution in [-0.4, -0.2) is 50.1 Å². The van der Waals surface area contributed by atoms with Gasteiger partial charge in [0.2, 0.25) is 0 Å². The molecule has 140 valence electrons. The second kappa shape index (κ2) is 9.03. The number of hydrogen-bond acceptors (Lipinski definition) is 3. The number of hydrogen-bond donors (Lipinski definition) is 0. The maximum atomic E-state index is 5.54. The molecule has 0 unspecified atom stereocenters. The van der Waals surface area contributed by atoms with E-state index in [1.54, 1.807) is 7.11 Å². The molecule has 26 heavy (non-hydrogen) atoms. The van der Waals surface area contributed by atoms with E-state index in [0.717, 1.165) is 55.8 Å². The zero-order chi connectivity index (χ0) is 18.5. The van der Waals surface area contributed by atoms with Crippen molar-refractivity contribution in [3.05, 3.63) is 63.1 Å². The summed E-state index contributed by atoms with van der Waals surface area (Å²) in [6.07, 6.45) is 2.03. The second-order valence-electron chi connectivity index (χ2n) is 7.25. The van der Waals surface area contributed by atoms with Crippen molar-refractivity contribution in [1.29, 1.82) is 0 Å². The number of methoxy groups -OCH3 is 1. The smallest absolute Gasteiger partial charge is 0.122 e. The van der Waals surface area contributed by atoms with Crippen molar-refractivity contribution in [3.63, 3.8) is 0 Å². The van der Waals surface area contributed by atoms with Crippen LogP contribution in [0.4, 0.5) is 0 Å². The molecule has 0 radical (unpaired) electrons. The van der Waals surface area contributed by atoms with E-state index in [9.17, 15) is 0 Å². The first-order valence-electron chi connectivity index (χ1n) is 9.37. The molecule has 1 fully saturated rings. The summed E-state index contributed by atoms with van der Waals surface area (Å²) < 4.78 is 6.65. The van der Waals surface area contributed by atoms with E-state index in [1.165, 1.54) is 22.3 Å². The van der Waals surface area contributed by atoms with E-state index in [2.05, 4.69) is 64.0 Å². The Kier molecular flexibility index (Phi) is 6.74. The van der Waals surface area contributed by atoms with Crippen LogP contribution in [-0.2, 0) is 19.4 Å². The molecule has 0 aromatic heterocycles. The Morgan fingerprint density at radius 2 is 1.73 bits per heavy atom. The number of halogens is 1. The second-order valence-corrected chi connectivity index (χ2v) is 8.16. The van der Waals surface area contributed by atoms with Crippen LogP contribution in [0, 0.1) is 6.92 Å². The quantitative estimate of drug-likeness (QED) is 0.697. The van der Waals surface area contributed by atoms with Crippen molar-refractivity contribution in [3.8, 4) is 5.75 Å². The Bertz CT molecular complexity index is 739. The fourth-order valence-electron chi connectivity index (χ4n) is 3.66. The molecule has 1 saturated heterocycles. The largest absolute Gasteiger partial charge is 0.496 e. The number of nitrogens with zero attached hydrogens (tertiary/aromatic N) is 2. The van der Waals surface area contributed by atoms with Crippen LogP contribution >= 0.6 is 15.9 Å². The molecule has 1 heterocycles. The van der Waals surface area contributed by atoms with Crippen LogP contribution in [0.1, 0.15) is 22.3 Å². The predicted molar refractivity (Wildman–Crippen MR) is 112 cm³/mol. The van der Waals surface area contributed by atoms with E-state index in [1.807, 2.05) is 12.1 Å². The van der Waals surface area contributed by atoms with Crippen LogP contribution < -0.4 is 4.74 Å². The molecule has 0 spiro atoms. The van der Waals surface area contributed by atoms with E-state index in [-0.39, 0.29) is 0 Å². The molecule has 2 aromatic carbocycles. The summed E-state index contributed by atoms with van der Waals surface area (Å²) in [5.41, 5.74) is 5.63. The molecule has 4 heteroatoms. The van der Waals surface area contributed by atoms with Crippen molar-refractivity contribution < 1.29 is 4.74 Å². The molecule has 0 saturated carbocycles. The normalized spacial score (nSPS) is 16.0. The van der Waals surface area contributed by atoms with Gasteiger partial charge < -0.3 is 9.64 Å². The predicted octanol–water partition coefficient (Wildman–Crippen LogP) is 4.30. The fourth-order valence-corrected chi connectivity index (χ4v) is 4.07. The first-order valence-corrected chi connectivity index (χ1v) is 10.2. The van der Waals surface area contributed by atoms with Crippen molar-refractivity contribution in [2.24, 2.45) is 0 Å². The number of ether oxygens (including phenoxy) is 1. The molecule has 0 N–H and O–H groups in total. The summed E-state index contributed by atoms with van der Waals surface area (Å²) in [6.45, 7) is 7.94. The van der Waals surface area contributed by atoms with Gasteiger partial charge in [-0.1, -0.05) is 34.1 Å². The topological polar surface area (TPSA) is 15.7 Å². The summed E-state index contributed by atoms with van der Waals surface area (Å²) in [4.78, 5) is 5.00. The lowest BCUT2D eigenvalue weighted by atomic mass is 9.95. The summed E-state index contributed by atoms with van der Waals surface area (Å²) in [5.74, 6) is 0.974. The van der Waals surface area contributed by atoms with Crippen LogP contribution in [0.25, 0.3) is 0 Å². The molecule has 1 aliphatic rings. The number of aryl methyl sites for hydroxylation is 3. The van der Waals surface area contributed by atoms with Crippen molar-refractivity contribution in [2.75, 3.05) is 40.3 Å². The molecule has 0 aliphatic carbocycles. The molecular formula is C22H29BrN2O. The maximum absolute atomic E-state index is 5.54. The van der Waals surface area contributed by atoms with Gasteiger partial charge in [0.15, 0.2) is 0 Å². The molecule has 3 nitrogen and oxygen atoms in total. The molecule has 2 aromatic rings. The highest BCUT2D eigenvalue weighted by atomic mass is 79.9. The first-order chi connectivity index (χ1) is 12.6. The summed E-state index contributed by atoms with van der Waals surface area (Å²) in [5, 5.41) is 0. The Balaban J connectivity index is 1.74. The number of likely N-dealkylation sites (N-methyl/N-ethyl adjacent to an activating group) is 1. The van der Waals surface area contributed by atoms with Gasteiger partial charge in [-0.2, -0.15) is 0 Å². The van der Waals surface area contributed by atoms with Gasteiger partial charge in [-0.3, -0.25) is 4.90 Å². The van der Waals surface area contributed by atoms with E-state index < -0.39 is 0 Å². The van der Waals surface area contributed by atoms with E-state index in [4.69, 9.17) is 4.74 Å². The average Bonchev–Trinajstić information content (AvgIpc) is 2.64. The van der Waals surface area contributed by atoms with Gasteiger partial charge in [-0.25, -0.2) is 0 Å². The zero-order valence-electron chi connectivity index (χ0n) is 16.1. The van der Waals surface area contributed by atoms with Gasteiger partial charge >= 0.3 is 0 Å². The van der Waals surface area contributed by atoms with Gasteiger partial charge in [0.1, 0.15) is 5.75 Å². The van der Waals surface area contributed by atoms with Gasteiger partial charge in [0.25, 0.3) is 0 Å². The average molecular weight is 417 g/mol. The third-order valence-electron chi connectivity index (χ3n) is 5.39. The van der Waals surface area contributed by atoms with Gasteiger partial charge in [0, 0.05) is 37.2 Å². The van der Waals surface area contributed by atoms with Crippen LogP contribution in [0.2, 0.25) is 0 Å². The van der Waals surface area contributed by atoms with Crippen molar-refractivity contribution in [1.82, 2.24) is 9.80 Å². The summed E-state index contributed by atoms with van der Waals surface area (Å²) in [7, 11) is 3.96. The standard InChI is InChI=1S/C22H29BrN2O/c1-17-5-4-6-18(21(17)16-25-13-11-24(2)12-14-25)7-8-19-15-20(23)9-10-22(19)26-3/h4-6,9-10,15H,7-8,11-14,16H2,1-3H3. The van der Waals surface area contributed by atoms with Crippen LogP contribution in [0.5, 0.6) is 5.75 Å². The zero-order valence-corrected chi connectivity index (χ0v) is 17.7. The van der Waals surface area contributed by atoms with Gasteiger partial charge in [0.05, 0.1) is 7.11 Å². The Morgan fingerprint density at radius 3 is 2.46 bits per heavy atom. The lowest BCUT2D eigenvalue weighted by molar-refractivity contribution is 0.147. The highest BCUT2D eigenvalue weighted by Crippen LogP contribution is 2.26. The lowest BCUT2D eigenvalue weighted by Crippen LogP contribution is -2.44. The minimum Gasteiger partial charge on any atom is -0.496 e. The highest BCUT2D eigenvalue weighted by molar-refractivity contribution is 9.10. The third-order valence-corrected chi connectivity index (χ3v) is 5.88. The SMILES string of the molecule is COc1ccc(Br)cc1CCc1cccc(C)c1CN1CCN(C)CC1. The van der Waals surface area contributed by atoms with Crippen LogP contribution in [0.15, 0.2) is 40.9 Å². The van der Waals surface area contributed by atoms with Crippen molar-refractivity contribution in [2.45, 2.75) is 26.3 Å². The minimum absolute atomic E-state index is 0.974. The molecular weight excluding hydrogens is 388 g/mol. The number of rotatable bonds is 6. The van der Waals surface area contributed by atoms with E-state index >= 15 is 0 Å². The molecule has 0 amide bonds. The van der Waals surface area contributed by atoms with E-state index in [0.29, 0.717) is 0 Å². The summed E-state index contributed by atoms with van der Waals surface area (Å²) >= 11 is 3.58. The monoisotopic (exact) mass is 416 g/mol. The third kappa shape index (κ3) is 4.87. The highest BCUT2D eigenvalue weighted by Gasteiger charge is 2.16. The Hall–Kier alpha value is -1.36. The molecule has 1 aliphatic heterocycles. The Morgan fingerprint density at radius 1 is 1.00 bits per heavy atom. The van der Waals surface area contributed by atoms with Gasteiger partial charge in [-0.15, -0.1) is 0 Å². The lowest BCUT2D eigenvalue weighted by Gasteiger charge is -2.33. The molecule has 0 bridgehead atoms. The van der Waals surface area contributed by atoms with Gasteiger partial charge in [-0.05, 0) is 67.3 Å². The Labute approximate surface area is 166 Å². The van der Waals surface area contributed by atoms with Crippen LogP contribution in [0.3, 0.4) is 0 Å². The molecule has 3 rings (SSSR count). The number of benzene rings is 2. The minimum atomic E-state index is 0.974. The fraction of sp³-hybridized carbons (Fsp3) is 0.455. The number of piperazine rings is 1. The summed E-state index contributed by atoms with van der Waals surface area (Å²) in [6, 6.07) is 13.0. The van der Waals surface area contributed by atoms with Crippen molar-refractivity contribution >= 4 is 15.9 Å². The molecule has 0 atom stereocenters. The maximum Gasteiger partial charge on any atom is 0.122 e. The first kappa shape index (κ1) is 19.4.